The van der Waals surface area contributed by atoms with Crippen molar-refractivity contribution in [3.8, 4) is 0 Å². The lowest BCUT2D eigenvalue weighted by molar-refractivity contribution is -0.656. The normalized spacial score (nSPS) is 24.0. The van der Waals surface area contributed by atoms with Gasteiger partial charge in [0.25, 0.3) is 5.72 Å². The van der Waals surface area contributed by atoms with Crippen molar-refractivity contribution in [2.75, 3.05) is 23.7 Å². The highest BCUT2D eigenvalue weighted by atomic mass is 32.2. The second kappa shape index (κ2) is 5.65. The van der Waals surface area contributed by atoms with E-state index >= 15 is 0 Å². The Bertz CT molecular complexity index is 747. The zero-order valence-corrected chi connectivity index (χ0v) is 13.5. The zero-order chi connectivity index (χ0) is 15.9. The van der Waals surface area contributed by atoms with Crippen molar-refractivity contribution in [1.82, 2.24) is 0 Å². The molecule has 0 aliphatic carbocycles. The van der Waals surface area contributed by atoms with Crippen LogP contribution in [0.4, 0.5) is 10.1 Å². The van der Waals surface area contributed by atoms with Gasteiger partial charge in [-0.3, -0.25) is 0 Å². The number of thioether (sulfide) groups is 1. The minimum Gasteiger partial charge on any atom is -0.346 e. The molecule has 1 N–H and O–H groups in total. The molecule has 1 atom stereocenters. The SMILES string of the molecule is O[C@@]1(c2ccc(F)cc2)CN(c2ccccc2)C2=[N+]1CCCS2. The van der Waals surface area contributed by atoms with Gasteiger partial charge in [0.2, 0.25) is 0 Å². The average Bonchev–Trinajstić information content (AvgIpc) is 2.91. The molecule has 23 heavy (non-hydrogen) atoms. The monoisotopic (exact) mass is 329 g/mol. The molecule has 0 saturated carbocycles. The molecule has 0 amide bonds. The Hall–Kier alpha value is -1.85. The Labute approximate surface area is 139 Å². The van der Waals surface area contributed by atoms with Crippen LogP contribution in [0.2, 0.25) is 0 Å². The van der Waals surface area contributed by atoms with Crippen molar-refractivity contribution < 1.29 is 14.1 Å². The molecule has 0 spiro atoms. The summed E-state index contributed by atoms with van der Waals surface area (Å²) in [6.07, 6.45) is 1.03. The van der Waals surface area contributed by atoms with Gasteiger partial charge in [0.15, 0.2) is 6.54 Å². The van der Waals surface area contributed by atoms with E-state index in [1.54, 1.807) is 23.9 Å². The summed E-state index contributed by atoms with van der Waals surface area (Å²) in [6.45, 7) is 1.25. The van der Waals surface area contributed by atoms with Gasteiger partial charge in [0, 0.05) is 11.3 Å². The number of hydrogen-bond acceptors (Lipinski definition) is 3. The van der Waals surface area contributed by atoms with Gasteiger partial charge in [-0.15, -0.1) is 0 Å². The van der Waals surface area contributed by atoms with E-state index < -0.39 is 5.72 Å². The van der Waals surface area contributed by atoms with E-state index in [4.69, 9.17) is 0 Å². The van der Waals surface area contributed by atoms with E-state index in [2.05, 4.69) is 21.6 Å². The maximum Gasteiger partial charge on any atom is 0.316 e. The molecule has 2 aromatic rings. The number of para-hydroxylation sites is 1. The first kappa shape index (κ1) is 14.7. The predicted molar refractivity (Wildman–Crippen MR) is 91.3 cm³/mol. The summed E-state index contributed by atoms with van der Waals surface area (Å²) in [4.78, 5) is 2.16. The third kappa shape index (κ3) is 2.44. The van der Waals surface area contributed by atoms with Crippen LogP contribution in [0.15, 0.2) is 54.6 Å². The van der Waals surface area contributed by atoms with Gasteiger partial charge in [-0.2, -0.15) is 0 Å². The Morgan fingerprint density at radius 1 is 1.09 bits per heavy atom. The van der Waals surface area contributed by atoms with Crippen molar-refractivity contribution in [3.63, 3.8) is 0 Å². The first-order valence-corrected chi connectivity index (χ1v) is 8.75. The third-order valence-electron chi connectivity index (χ3n) is 4.42. The largest absolute Gasteiger partial charge is 0.346 e. The molecule has 0 radical (unpaired) electrons. The van der Waals surface area contributed by atoms with E-state index in [0.717, 1.165) is 35.1 Å². The summed E-state index contributed by atoms with van der Waals surface area (Å²) in [5.41, 5.74) is 0.684. The Morgan fingerprint density at radius 3 is 2.57 bits per heavy atom. The van der Waals surface area contributed by atoms with Gasteiger partial charge < -0.3 is 5.11 Å². The van der Waals surface area contributed by atoms with E-state index in [0.29, 0.717) is 6.54 Å². The molecule has 5 heteroatoms. The average molecular weight is 329 g/mol. The molecular weight excluding hydrogens is 311 g/mol. The highest BCUT2D eigenvalue weighted by Gasteiger charge is 2.53. The first-order chi connectivity index (χ1) is 11.2. The van der Waals surface area contributed by atoms with E-state index in [1.807, 2.05) is 18.2 Å². The summed E-state index contributed by atoms with van der Waals surface area (Å²) >= 11 is 1.77. The number of hydrogen-bond donors (Lipinski definition) is 1. The van der Waals surface area contributed by atoms with Crippen LogP contribution in [0.25, 0.3) is 0 Å². The lowest BCUT2D eigenvalue weighted by atomic mass is 10.0. The van der Waals surface area contributed by atoms with Crippen LogP contribution in [0.3, 0.4) is 0 Å². The maximum absolute atomic E-state index is 13.3. The minimum absolute atomic E-state index is 0.285. The number of β-amino-alcohol motifs (C(OH)–C–C–N with tert-alkyl or cyclic N) is 1. The van der Waals surface area contributed by atoms with Crippen molar-refractivity contribution in [3.05, 3.63) is 66.0 Å². The minimum atomic E-state index is -1.12. The second-order valence-electron chi connectivity index (χ2n) is 5.88. The van der Waals surface area contributed by atoms with Gasteiger partial charge in [-0.25, -0.2) is 13.9 Å². The third-order valence-corrected chi connectivity index (χ3v) is 5.61. The van der Waals surface area contributed by atoms with Gasteiger partial charge in [-0.05, 0) is 54.6 Å². The van der Waals surface area contributed by atoms with Crippen LogP contribution in [0, 0.1) is 5.82 Å². The van der Waals surface area contributed by atoms with Crippen LogP contribution in [0.5, 0.6) is 0 Å². The number of amidine groups is 1. The van der Waals surface area contributed by atoms with Crippen molar-refractivity contribution >= 4 is 22.6 Å². The second-order valence-corrected chi connectivity index (χ2v) is 6.94. The van der Waals surface area contributed by atoms with Crippen LogP contribution in [0.1, 0.15) is 12.0 Å². The van der Waals surface area contributed by atoms with Crippen LogP contribution >= 0.6 is 11.8 Å². The Morgan fingerprint density at radius 2 is 1.83 bits per heavy atom. The quantitative estimate of drug-likeness (QED) is 0.858. The van der Waals surface area contributed by atoms with Gasteiger partial charge in [-0.1, -0.05) is 18.2 Å². The molecule has 2 aliphatic heterocycles. The van der Waals surface area contributed by atoms with E-state index in [-0.39, 0.29) is 5.82 Å². The molecule has 0 saturated heterocycles. The number of benzene rings is 2. The van der Waals surface area contributed by atoms with Crippen molar-refractivity contribution in [2.24, 2.45) is 0 Å². The van der Waals surface area contributed by atoms with Crippen LogP contribution in [-0.4, -0.2) is 33.7 Å². The summed E-state index contributed by atoms with van der Waals surface area (Å²) in [5, 5.41) is 12.5. The molecule has 3 nitrogen and oxygen atoms in total. The standard InChI is InChI=1S/C18H18FN2OS/c19-15-9-7-14(8-10-15)18(22)13-20(16-5-2-1-3-6-16)17-21(18)11-4-12-23-17/h1-3,5-10,22H,4,11-13H2/q+1/t18-/m1/s1. The van der Waals surface area contributed by atoms with Gasteiger partial charge in [0.1, 0.15) is 11.5 Å². The smallest absolute Gasteiger partial charge is 0.316 e. The topological polar surface area (TPSA) is 26.5 Å². The highest BCUT2D eigenvalue weighted by molar-refractivity contribution is 8.13. The lowest BCUT2D eigenvalue weighted by Gasteiger charge is -2.24. The lowest BCUT2D eigenvalue weighted by Crippen LogP contribution is -2.41. The van der Waals surface area contributed by atoms with E-state index in [1.165, 1.54) is 12.1 Å². The number of aliphatic hydroxyl groups is 1. The molecule has 4 rings (SSSR count). The molecule has 0 bridgehead atoms. The molecule has 2 aliphatic rings. The Balaban J connectivity index is 1.80. The summed E-state index contributed by atoms with van der Waals surface area (Å²) < 4.78 is 15.3. The van der Waals surface area contributed by atoms with E-state index in [9.17, 15) is 9.50 Å². The van der Waals surface area contributed by atoms with Gasteiger partial charge in [0.05, 0.1) is 6.54 Å². The summed E-state index contributed by atoms with van der Waals surface area (Å²) in [7, 11) is 0. The number of rotatable bonds is 2. The molecular formula is C18H18FN2OS+. The number of nitrogens with zero attached hydrogens (tertiary/aromatic N) is 2. The molecule has 118 valence electrons. The molecule has 0 aromatic heterocycles. The molecule has 2 heterocycles. The fourth-order valence-electron chi connectivity index (χ4n) is 3.27. The summed E-state index contributed by atoms with van der Waals surface area (Å²) in [5.74, 6) is 0.766. The maximum atomic E-state index is 13.3. The fraction of sp³-hybridized carbons (Fsp3) is 0.278. The molecule has 0 fully saturated rings. The van der Waals surface area contributed by atoms with Gasteiger partial charge >= 0.3 is 5.17 Å². The molecule has 0 unspecified atom stereocenters. The zero-order valence-electron chi connectivity index (χ0n) is 12.7. The number of halogens is 1. The first-order valence-electron chi connectivity index (χ1n) is 7.77. The number of anilines is 1. The molecule has 2 aromatic carbocycles. The van der Waals surface area contributed by atoms with Crippen molar-refractivity contribution in [2.45, 2.75) is 12.1 Å². The highest BCUT2D eigenvalue weighted by Crippen LogP contribution is 2.37. The fourth-order valence-corrected chi connectivity index (χ4v) is 4.45. The summed E-state index contributed by atoms with van der Waals surface area (Å²) in [6, 6.07) is 16.3. The predicted octanol–water partition coefficient (Wildman–Crippen LogP) is 3.00. The Kier molecular flexibility index (Phi) is 3.62. The van der Waals surface area contributed by atoms with Crippen molar-refractivity contribution in [1.29, 1.82) is 0 Å². The van der Waals surface area contributed by atoms with Crippen LogP contribution < -0.4 is 4.90 Å². The van der Waals surface area contributed by atoms with Crippen LogP contribution in [-0.2, 0) is 5.72 Å².